The molecule has 0 heteroatoms. The minimum Gasteiger partial charge on any atom is -0.0807 e. The highest BCUT2D eigenvalue weighted by molar-refractivity contribution is 5.69. The van der Waals surface area contributed by atoms with Crippen molar-refractivity contribution in [2.75, 3.05) is 0 Å². The molecule has 0 radical (unpaired) electrons. The fourth-order valence-corrected chi connectivity index (χ4v) is 2.35. The maximum Gasteiger partial charge on any atom is -0.0196 e. The van der Waals surface area contributed by atoms with E-state index in [9.17, 15) is 0 Å². The second kappa shape index (κ2) is 5.16. The Morgan fingerprint density at radius 3 is 2.93 bits per heavy atom. The summed E-state index contributed by atoms with van der Waals surface area (Å²) in [5.41, 5.74) is 4.65. The van der Waals surface area contributed by atoms with Crippen LogP contribution in [0.3, 0.4) is 0 Å². The SMILES string of the molecule is CCCC/C=C1/CCCc2ccccc21. The molecule has 0 amide bonds. The average molecular weight is 200 g/mol. The van der Waals surface area contributed by atoms with Gasteiger partial charge in [-0.15, -0.1) is 0 Å². The summed E-state index contributed by atoms with van der Waals surface area (Å²) in [6.45, 7) is 2.26. The van der Waals surface area contributed by atoms with Crippen LogP contribution in [0.5, 0.6) is 0 Å². The van der Waals surface area contributed by atoms with Crippen LogP contribution in [0.2, 0.25) is 0 Å². The van der Waals surface area contributed by atoms with E-state index in [-0.39, 0.29) is 0 Å². The second-order valence-electron chi connectivity index (χ2n) is 4.38. The minimum atomic E-state index is 1.25. The lowest BCUT2D eigenvalue weighted by Crippen LogP contribution is -2.01. The van der Waals surface area contributed by atoms with Gasteiger partial charge in [-0.1, -0.05) is 50.1 Å². The molecule has 80 valence electrons. The predicted molar refractivity (Wildman–Crippen MR) is 66.9 cm³/mol. The van der Waals surface area contributed by atoms with E-state index in [4.69, 9.17) is 0 Å². The number of aryl methyl sites for hydroxylation is 1. The van der Waals surface area contributed by atoms with Crippen LogP contribution in [-0.4, -0.2) is 0 Å². The van der Waals surface area contributed by atoms with Gasteiger partial charge >= 0.3 is 0 Å². The second-order valence-corrected chi connectivity index (χ2v) is 4.38. The van der Waals surface area contributed by atoms with Gasteiger partial charge in [-0.25, -0.2) is 0 Å². The van der Waals surface area contributed by atoms with E-state index >= 15 is 0 Å². The van der Waals surface area contributed by atoms with Crippen molar-refractivity contribution in [1.29, 1.82) is 0 Å². The van der Waals surface area contributed by atoms with Crippen molar-refractivity contribution in [1.82, 2.24) is 0 Å². The topological polar surface area (TPSA) is 0 Å². The summed E-state index contributed by atoms with van der Waals surface area (Å²) in [6.07, 6.45) is 10.2. The predicted octanol–water partition coefficient (Wildman–Crippen LogP) is 4.60. The summed E-state index contributed by atoms with van der Waals surface area (Å²) in [5.74, 6) is 0. The zero-order valence-electron chi connectivity index (χ0n) is 9.63. The minimum absolute atomic E-state index is 1.25. The zero-order chi connectivity index (χ0) is 10.5. The van der Waals surface area contributed by atoms with Crippen molar-refractivity contribution in [3.8, 4) is 0 Å². The number of hydrogen-bond donors (Lipinski definition) is 0. The van der Waals surface area contributed by atoms with Gasteiger partial charge < -0.3 is 0 Å². The molecule has 0 nitrogen and oxygen atoms in total. The zero-order valence-corrected chi connectivity index (χ0v) is 9.63. The van der Waals surface area contributed by atoms with Crippen LogP contribution in [0.4, 0.5) is 0 Å². The Kier molecular flexibility index (Phi) is 3.60. The normalized spacial score (nSPS) is 17.8. The largest absolute Gasteiger partial charge is 0.0807 e. The Labute approximate surface area is 93.0 Å². The van der Waals surface area contributed by atoms with Crippen LogP contribution in [-0.2, 0) is 6.42 Å². The van der Waals surface area contributed by atoms with Gasteiger partial charge in [0.15, 0.2) is 0 Å². The maximum absolute atomic E-state index is 2.46. The van der Waals surface area contributed by atoms with Crippen molar-refractivity contribution in [2.24, 2.45) is 0 Å². The van der Waals surface area contributed by atoms with Crippen molar-refractivity contribution in [2.45, 2.75) is 45.4 Å². The first kappa shape index (κ1) is 10.5. The Hall–Kier alpha value is -1.04. The van der Waals surface area contributed by atoms with Crippen molar-refractivity contribution >= 4 is 5.57 Å². The molecule has 0 aromatic heterocycles. The van der Waals surface area contributed by atoms with Crippen LogP contribution in [0.25, 0.3) is 5.57 Å². The van der Waals surface area contributed by atoms with Crippen molar-refractivity contribution in [3.05, 3.63) is 41.5 Å². The monoisotopic (exact) mass is 200 g/mol. The number of hydrogen-bond acceptors (Lipinski definition) is 0. The lowest BCUT2D eigenvalue weighted by molar-refractivity contribution is 0.796. The molecular weight excluding hydrogens is 180 g/mol. The highest BCUT2D eigenvalue weighted by atomic mass is 14.2. The number of benzene rings is 1. The van der Waals surface area contributed by atoms with Gasteiger partial charge in [0, 0.05) is 0 Å². The first-order valence-electron chi connectivity index (χ1n) is 6.19. The first-order chi connectivity index (χ1) is 7.42. The van der Waals surface area contributed by atoms with Gasteiger partial charge in [0.25, 0.3) is 0 Å². The van der Waals surface area contributed by atoms with Crippen molar-refractivity contribution < 1.29 is 0 Å². The highest BCUT2D eigenvalue weighted by Gasteiger charge is 2.12. The molecule has 0 saturated heterocycles. The number of allylic oxidation sites excluding steroid dienone is 2. The van der Waals surface area contributed by atoms with E-state index in [2.05, 4.69) is 37.3 Å². The molecule has 0 aliphatic heterocycles. The third-order valence-corrected chi connectivity index (χ3v) is 3.20. The average Bonchev–Trinajstić information content (AvgIpc) is 2.30. The van der Waals surface area contributed by atoms with Gasteiger partial charge in [0.1, 0.15) is 0 Å². The van der Waals surface area contributed by atoms with E-state index in [1.54, 1.807) is 11.1 Å². The van der Waals surface area contributed by atoms with Crippen molar-refractivity contribution in [3.63, 3.8) is 0 Å². The molecule has 0 heterocycles. The molecule has 15 heavy (non-hydrogen) atoms. The van der Waals surface area contributed by atoms with Crippen LogP contribution >= 0.6 is 0 Å². The summed E-state index contributed by atoms with van der Waals surface area (Å²) in [5, 5.41) is 0. The highest BCUT2D eigenvalue weighted by Crippen LogP contribution is 2.30. The smallest absolute Gasteiger partial charge is 0.0196 e. The summed E-state index contributed by atoms with van der Waals surface area (Å²) in [7, 11) is 0. The van der Waals surface area contributed by atoms with Gasteiger partial charge in [-0.2, -0.15) is 0 Å². The molecule has 0 atom stereocenters. The Balaban J connectivity index is 2.18. The molecule has 0 bridgehead atoms. The Morgan fingerprint density at radius 2 is 2.07 bits per heavy atom. The van der Waals surface area contributed by atoms with E-state index in [1.807, 2.05) is 0 Å². The molecule has 0 spiro atoms. The van der Waals surface area contributed by atoms with E-state index in [1.165, 1.54) is 44.1 Å². The summed E-state index contributed by atoms with van der Waals surface area (Å²) in [6, 6.07) is 8.89. The molecule has 1 aromatic rings. The molecule has 0 fully saturated rings. The standard InChI is InChI=1S/C15H20/c1-2-3-4-8-13-10-7-11-14-9-5-6-12-15(13)14/h5-6,8-9,12H,2-4,7,10-11H2,1H3/b13-8-. The number of fused-ring (bicyclic) bond motifs is 1. The molecule has 0 unspecified atom stereocenters. The molecule has 2 rings (SSSR count). The fraction of sp³-hybridized carbons (Fsp3) is 0.467. The quantitative estimate of drug-likeness (QED) is 0.626. The number of unbranched alkanes of at least 4 members (excludes halogenated alkanes) is 2. The van der Waals surface area contributed by atoms with E-state index in [0.29, 0.717) is 0 Å². The van der Waals surface area contributed by atoms with Gasteiger partial charge in [-0.05, 0) is 42.4 Å². The molecule has 0 saturated carbocycles. The lowest BCUT2D eigenvalue weighted by Gasteiger charge is -2.18. The lowest BCUT2D eigenvalue weighted by atomic mass is 9.87. The first-order valence-corrected chi connectivity index (χ1v) is 6.19. The third-order valence-electron chi connectivity index (χ3n) is 3.20. The van der Waals surface area contributed by atoms with E-state index < -0.39 is 0 Å². The summed E-state index contributed by atoms with van der Waals surface area (Å²) < 4.78 is 0. The maximum atomic E-state index is 2.46. The van der Waals surface area contributed by atoms with Gasteiger partial charge in [0.05, 0.1) is 0 Å². The van der Waals surface area contributed by atoms with Gasteiger partial charge in [-0.3, -0.25) is 0 Å². The summed E-state index contributed by atoms with van der Waals surface area (Å²) in [4.78, 5) is 0. The molecule has 1 aliphatic rings. The van der Waals surface area contributed by atoms with Crippen LogP contribution < -0.4 is 0 Å². The van der Waals surface area contributed by atoms with Crippen LogP contribution in [0, 0.1) is 0 Å². The molecule has 1 aromatic carbocycles. The summed E-state index contributed by atoms with van der Waals surface area (Å²) >= 11 is 0. The molecular formula is C15H20. The van der Waals surface area contributed by atoms with Crippen LogP contribution in [0.15, 0.2) is 30.3 Å². The fourth-order valence-electron chi connectivity index (χ4n) is 2.35. The number of rotatable bonds is 3. The van der Waals surface area contributed by atoms with Gasteiger partial charge in [0.2, 0.25) is 0 Å². The Morgan fingerprint density at radius 1 is 1.20 bits per heavy atom. The third kappa shape index (κ3) is 2.50. The van der Waals surface area contributed by atoms with E-state index in [0.717, 1.165) is 0 Å². The molecule has 1 aliphatic carbocycles. The van der Waals surface area contributed by atoms with Crippen LogP contribution in [0.1, 0.15) is 50.2 Å². The molecule has 0 N–H and O–H groups in total. The Bertz CT molecular complexity index is 347.